The van der Waals surface area contributed by atoms with E-state index in [1.54, 1.807) is 35.6 Å². The van der Waals surface area contributed by atoms with Crippen LogP contribution in [0.25, 0.3) is 10.7 Å². The molecule has 0 aliphatic heterocycles. The smallest absolute Gasteiger partial charge is 0.253 e. The van der Waals surface area contributed by atoms with E-state index >= 15 is 0 Å². The van der Waals surface area contributed by atoms with Gasteiger partial charge in [0.25, 0.3) is 5.91 Å². The lowest BCUT2D eigenvalue weighted by molar-refractivity contribution is -0.113. The molecule has 0 fully saturated rings. The highest BCUT2D eigenvalue weighted by Gasteiger charge is 2.16. The molecule has 2 amide bonds. The quantitative estimate of drug-likeness (QED) is 0.382. The van der Waals surface area contributed by atoms with E-state index in [-0.39, 0.29) is 17.6 Å². The number of nitrogens with zero attached hydrogens (tertiary/aromatic N) is 3. The molecule has 0 unspecified atom stereocenters. The summed E-state index contributed by atoms with van der Waals surface area (Å²) in [6.45, 7) is 0.413. The van der Waals surface area contributed by atoms with E-state index in [9.17, 15) is 9.59 Å². The van der Waals surface area contributed by atoms with E-state index in [1.165, 1.54) is 11.8 Å². The minimum atomic E-state index is -0.244. The van der Waals surface area contributed by atoms with Crippen molar-refractivity contribution >= 4 is 40.6 Å². The molecule has 2 heterocycles. The zero-order valence-electron chi connectivity index (χ0n) is 17.3. The first-order valence-corrected chi connectivity index (χ1v) is 11.8. The molecular weight excluding hydrogens is 442 g/mol. The molecule has 9 heteroatoms. The van der Waals surface area contributed by atoms with Crippen molar-refractivity contribution in [3.8, 4) is 10.7 Å². The molecule has 0 atom stereocenters. The molecule has 32 heavy (non-hydrogen) atoms. The van der Waals surface area contributed by atoms with Crippen LogP contribution in [0.4, 0.5) is 5.69 Å². The molecule has 2 aromatic carbocycles. The summed E-state index contributed by atoms with van der Waals surface area (Å²) in [5, 5.41) is 16.8. The Morgan fingerprint density at radius 1 is 1.00 bits per heavy atom. The van der Waals surface area contributed by atoms with Gasteiger partial charge in [-0.3, -0.25) is 9.59 Å². The van der Waals surface area contributed by atoms with Crippen molar-refractivity contribution in [3.63, 3.8) is 0 Å². The van der Waals surface area contributed by atoms with Crippen molar-refractivity contribution in [2.24, 2.45) is 7.05 Å². The summed E-state index contributed by atoms with van der Waals surface area (Å²) in [5.74, 6) is 0.449. The van der Waals surface area contributed by atoms with Gasteiger partial charge in [-0.1, -0.05) is 60.3 Å². The summed E-state index contributed by atoms with van der Waals surface area (Å²) < 4.78 is 1.87. The largest absolute Gasteiger partial charge is 0.348 e. The van der Waals surface area contributed by atoms with Gasteiger partial charge in [-0.25, -0.2) is 0 Å². The van der Waals surface area contributed by atoms with Gasteiger partial charge in [-0.05, 0) is 29.1 Å². The minimum Gasteiger partial charge on any atom is -0.348 e. The number of para-hydroxylation sites is 1. The fourth-order valence-electron chi connectivity index (χ4n) is 3.04. The van der Waals surface area contributed by atoms with Gasteiger partial charge in [0, 0.05) is 13.6 Å². The zero-order chi connectivity index (χ0) is 22.3. The van der Waals surface area contributed by atoms with Crippen molar-refractivity contribution in [1.29, 1.82) is 0 Å². The lowest BCUT2D eigenvalue weighted by Crippen LogP contribution is -2.25. The Hall–Kier alpha value is -3.43. The van der Waals surface area contributed by atoms with Crippen molar-refractivity contribution in [2.45, 2.75) is 11.7 Å². The monoisotopic (exact) mass is 463 g/mol. The molecule has 0 saturated carbocycles. The summed E-state index contributed by atoms with van der Waals surface area (Å²) >= 11 is 2.88. The van der Waals surface area contributed by atoms with Crippen molar-refractivity contribution < 1.29 is 9.59 Å². The average Bonchev–Trinajstić information content (AvgIpc) is 3.47. The van der Waals surface area contributed by atoms with Crippen LogP contribution in [0.5, 0.6) is 0 Å². The molecule has 0 saturated heterocycles. The van der Waals surface area contributed by atoms with Gasteiger partial charge in [-0.2, -0.15) is 0 Å². The maximum Gasteiger partial charge on any atom is 0.253 e. The van der Waals surface area contributed by atoms with Gasteiger partial charge < -0.3 is 15.2 Å². The van der Waals surface area contributed by atoms with Gasteiger partial charge in [-0.15, -0.1) is 21.5 Å². The second-order valence-corrected chi connectivity index (χ2v) is 8.78. The number of thioether (sulfide) groups is 1. The average molecular weight is 464 g/mol. The van der Waals surface area contributed by atoms with Gasteiger partial charge in [0.2, 0.25) is 5.91 Å². The number of thiophene rings is 1. The van der Waals surface area contributed by atoms with Crippen LogP contribution in [0.2, 0.25) is 0 Å². The third kappa shape index (κ3) is 5.24. The van der Waals surface area contributed by atoms with Gasteiger partial charge >= 0.3 is 0 Å². The summed E-state index contributed by atoms with van der Waals surface area (Å²) in [5.41, 5.74) is 1.89. The minimum absolute atomic E-state index is 0.149. The lowest BCUT2D eigenvalue weighted by Gasteiger charge is -2.11. The highest BCUT2D eigenvalue weighted by atomic mass is 32.2. The van der Waals surface area contributed by atoms with Crippen molar-refractivity contribution in [3.05, 3.63) is 83.2 Å². The number of anilines is 1. The topological polar surface area (TPSA) is 88.9 Å². The number of hydrogen-bond donors (Lipinski definition) is 2. The van der Waals surface area contributed by atoms with E-state index in [2.05, 4.69) is 20.8 Å². The Kier molecular flexibility index (Phi) is 6.98. The van der Waals surface area contributed by atoms with E-state index in [0.717, 1.165) is 16.3 Å². The molecule has 0 spiro atoms. The van der Waals surface area contributed by atoms with E-state index in [4.69, 9.17) is 0 Å². The number of amides is 2. The molecule has 4 aromatic rings. The molecule has 0 aliphatic rings. The van der Waals surface area contributed by atoms with Crippen LogP contribution in [0, 0.1) is 0 Å². The van der Waals surface area contributed by atoms with E-state index in [0.29, 0.717) is 23.0 Å². The molecule has 7 nitrogen and oxygen atoms in total. The Labute approximate surface area is 193 Å². The molecule has 162 valence electrons. The van der Waals surface area contributed by atoms with E-state index in [1.807, 2.05) is 59.5 Å². The summed E-state index contributed by atoms with van der Waals surface area (Å²) in [7, 11) is 1.88. The van der Waals surface area contributed by atoms with Gasteiger partial charge in [0.1, 0.15) is 0 Å². The van der Waals surface area contributed by atoms with Crippen LogP contribution in [0.1, 0.15) is 15.9 Å². The summed E-state index contributed by atoms with van der Waals surface area (Å²) in [6.07, 6.45) is 0. The molecule has 2 aromatic heterocycles. The number of nitrogens with one attached hydrogen (secondary N) is 2. The number of benzene rings is 2. The molecule has 2 N–H and O–H groups in total. The Bertz CT molecular complexity index is 1210. The first kappa shape index (κ1) is 21.8. The molecule has 0 aliphatic carbocycles. The summed E-state index contributed by atoms with van der Waals surface area (Å²) in [4.78, 5) is 26.3. The maximum absolute atomic E-state index is 12.7. The van der Waals surface area contributed by atoms with Crippen LogP contribution in [-0.2, 0) is 18.4 Å². The third-order valence-electron chi connectivity index (χ3n) is 4.65. The Morgan fingerprint density at radius 3 is 2.56 bits per heavy atom. The van der Waals surface area contributed by atoms with Crippen LogP contribution in [0.15, 0.2) is 77.3 Å². The Morgan fingerprint density at radius 2 is 1.78 bits per heavy atom. The van der Waals surface area contributed by atoms with Crippen LogP contribution < -0.4 is 10.6 Å². The highest BCUT2D eigenvalue weighted by molar-refractivity contribution is 7.99. The van der Waals surface area contributed by atoms with Crippen molar-refractivity contribution in [2.75, 3.05) is 11.1 Å². The summed E-state index contributed by atoms with van der Waals surface area (Å²) in [6, 6.07) is 20.6. The highest BCUT2D eigenvalue weighted by Crippen LogP contribution is 2.26. The fourth-order valence-corrected chi connectivity index (χ4v) is 4.50. The Balaban J connectivity index is 1.36. The number of aromatic nitrogens is 3. The third-order valence-corrected chi connectivity index (χ3v) is 6.54. The first-order chi connectivity index (χ1) is 15.6. The zero-order valence-corrected chi connectivity index (χ0v) is 19.0. The normalized spacial score (nSPS) is 10.7. The molecule has 0 radical (unpaired) electrons. The molecule has 0 bridgehead atoms. The fraction of sp³-hybridized carbons (Fsp3) is 0.130. The van der Waals surface area contributed by atoms with Crippen LogP contribution in [-0.4, -0.2) is 32.3 Å². The number of carbonyl (C=O) groups excluding carboxylic acids is 2. The van der Waals surface area contributed by atoms with Crippen molar-refractivity contribution in [1.82, 2.24) is 20.1 Å². The maximum atomic E-state index is 12.7. The first-order valence-electron chi connectivity index (χ1n) is 9.89. The molecular formula is C23H21N5O2S2. The lowest BCUT2D eigenvalue weighted by atomic mass is 10.1. The standard InChI is InChI=1S/C23H21N5O2S2/c1-28-21(19-12-7-13-31-19)26-27-23(28)32-15-20(29)25-18-11-6-5-10-17(18)22(30)24-14-16-8-3-2-4-9-16/h2-13H,14-15H2,1H3,(H,24,30)(H,25,29). The van der Waals surface area contributed by atoms with Crippen LogP contribution in [0.3, 0.4) is 0 Å². The number of carbonyl (C=O) groups is 2. The molecule has 4 rings (SSSR count). The predicted octanol–water partition coefficient (Wildman–Crippen LogP) is 4.20. The second kappa shape index (κ2) is 10.3. The second-order valence-electron chi connectivity index (χ2n) is 6.89. The van der Waals surface area contributed by atoms with Crippen LogP contribution >= 0.6 is 23.1 Å². The predicted molar refractivity (Wildman–Crippen MR) is 128 cm³/mol. The van der Waals surface area contributed by atoms with E-state index < -0.39 is 0 Å². The van der Waals surface area contributed by atoms with Gasteiger partial charge in [0.15, 0.2) is 11.0 Å². The number of hydrogen-bond acceptors (Lipinski definition) is 6. The number of rotatable bonds is 8. The van der Waals surface area contributed by atoms with Gasteiger partial charge in [0.05, 0.1) is 21.9 Å². The SMILES string of the molecule is Cn1c(SCC(=O)Nc2ccccc2C(=O)NCc2ccccc2)nnc1-c1cccs1.